The molecule has 0 bridgehead atoms. The van der Waals surface area contributed by atoms with E-state index in [-0.39, 0.29) is 11.5 Å². The number of amides is 1. The molecule has 0 aliphatic carbocycles. The third-order valence-electron chi connectivity index (χ3n) is 4.27. The van der Waals surface area contributed by atoms with Crippen LogP contribution in [-0.2, 0) is 18.4 Å². The summed E-state index contributed by atoms with van der Waals surface area (Å²) in [4.78, 5) is 35.4. The van der Waals surface area contributed by atoms with Crippen molar-refractivity contribution in [2.75, 3.05) is 26.2 Å². The van der Waals surface area contributed by atoms with Crippen LogP contribution in [0.15, 0.2) is 11.0 Å². The highest BCUT2D eigenvalue weighted by Gasteiger charge is 2.19. The number of rotatable bonds is 3. The van der Waals surface area contributed by atoms with E-state index < -0.39 is 0 Å². The van der Waals surface area contributed by atoms with E-state index in [1.54, 1.807) is 11.7 Å². The minimum absolute atomic E-state index is 0.157. The van der Waals surface area contributed by atoms with E-state index in [0.717, 1.165) is 32.6 Å². The van der Waals surface area contributed by atoms with Crippen molar-refractivity contribution in [2.24, 2.45) is 7.05 Å². The highest BCUT2D eigenvalue weighted by Crippen LogP contribution is 2.09. The minimum atomic E-state index is -0.157. The number of nitrogens with zero attached hydrogens (tertiary/aromatic N) is 5. The number of nitrogens with one attached hydrogen (secondary N) is 1. The fourth-order valence-electron chi connectivity index (χ4n) is 2.97. The molecule has 1 fully saturated rings. The topological polar surface area (TPSA) is 87.1 Å². The van der Waals surface area contributed by atoms with Gasteiger partial charge in [0.1, 0.15) is 11.2 Å². The van der Waals surface area contributed by atoms with E-state index in [2.05, 4.69) is 20.0 Å². The van der Waals surface area contributed by atoms with E-state index in [9.17, 15) is 9.59 Å². The van der Waals surface area contributed by atoms with Crippen LogP contribution in [0.2, 0.25) is 0 Å². The first-order valence-corrected chi connectivity index (χ1v) is 7.99. The molecule has 3 rings (SSSR count). The number of fused-ring (bicyclic) bond motifs is 1. The molecule has 8 heteroatoms. The summed E-state index contributed by atoms with van der Waals surface area (Å²) in [6.45, 7) is 5.67. The smallest absolute Gasteiger partial charge is 0.262 e. The van der Waals surface area contributed by atoms with Crippen LogP contribution in [0.25, 0.3) is 11.0 Å². The van der Waals surface area contributed by atoms with Crippen LogP contribution in [0.3, 0.4) is 0 Å². The number of aromatic nitrogens is 4. The number of aryl methyl sites for hydroxylation is 1. The van der Waals surface area contributed by atoms with Gasteiger partial charge in [0.05, 0.1) is 12.7 Å². The van der Waals surface area contributed by atoms with Crippen LogP contribution in [0, 0.1) is 0 Å². The summed E-state index contributed by atoms with van der Waals surface area (Å²) in [5, 5.41) is 4.58. The second kappa shape index (κ2) is 6.49. The van der Waals surface area contributed by atoms with Gasteiger partial charge in [0.15, 0.2) is 5.65 Å². The SMILES string of the molecule is CCC(=O)N1CCCN(Cc2nc3c(cnn3C)c(=O)[nH]2)CC1. The Kier molecular flexibility index (Phi) is 4.42. The molecule has 2 aromatic heterocycles. The van der Waals surface area contributed by atoms with Crippen LogP contribution in [-0.4, -0.2) is 61.6 Å². The molecule has 1 aliphatic rings. The van der Waals surface area contributed by atoms with Crippen LogP contribution in [0.5, 0.6) is 0 Å². The Hall–Kier alpha value is -2.22. The highest BCUT2D eigenvalue weighted by molar-refractivity contribution is 5.75. The van der Waals surface area contributed by atoms with E-state index in [0.29, 0.717) is 29.8 Å². The molecular weight excluding hydrogens is 296 g/mol. The zero-order valence-corrected chi connectivity index (χ0v) is 13.6. The lowest BCUT2D eigenvalue weighted by molar-refractivity contribution is -0.130. The maximum Gasteiger partial charge on any atom is 0.262 e. The van der Waals surface area contributed by atoms with Gasteiger partial charge in [-0.2, -0.15) is 5.10 Å². The first-order chi connectivity index (χ1) is 11.1. The van der Waals surface area contributed by atoms with Gasteiger partial charge in [0, 0.05) is 39.6 Å². The fourth-order valence-corrected chi connectivity index (χ4v) is 2.97. The number of hydrogen-bond acceptors (Lipinski definition) is 5. The van der Waals surface area contributed by atoms with E-state index in [4.69, 9.17) is 0 Å². The van der Waals surface area contributed by atoms with Crippen molar-refractivity contribution in [2.45, 2.75) is 26.3 Å². The average molecular weight is 318 g/mol. The Bertz CT molecular complexity index is 765. The first-order valence-electron chi connectivity index (χ1n) is 7.99. The largest absolute Gasteiger partial charge is 0.341 e. The zero-order valence-electron chi connectivity index (χ0n) is 13.6. The maximum absolute atomic E-state index is 12.1. The summed E-state index contributed by atoms with van der Waals surface area (Å²) in [5.41, 5.74) is 0.442. The van der Waals surface area contributed by atoms with Gasteiger partial charge in [-0.15, -0.1) is 0 Å². The Morgan fingerprint density at radius 3 is 2.91 bits per heavy atom. The van der Waals surface area contributed by atoms with E-state index >= 15 is 0 Å². The number of aromatic amines is 1. The molecule has 23 heavy (non-hydrogen) atoms. The van der Waals surface area contributed by atoms with Crippen LogP contribution >= 0.6 is 0 Å². The summed E-state index contributed by atoms with van der Waals surface area (Å²) < 4.78 is 1.61. The second-order valence-corrected chi connectivity index (χ2v) is 5.88. The predicted molar refractivity (Wildman–Crippen MR) is 85.9 cm³/mol. The number of hydrogen-bond donors (Lipinski definition) is 1. The van der Waals surface area contributed by atoms with Gasteiger partial charge in [-0.1, -0.05) is 6.92 Å². The Morgan fingerprint density at radius 1 is 1.30 bits per heavy atom. The van der Waals surface area contributed by atoms with Gasteiger partial charge in [-0.25, -0.2) is 4.98 Å². The third kappa shape index (κ3) is 3.26. The van der Waals surface area contributed by atoms with E-state index in [1.807, 2.05) is 11.8 Å². The molecule has 0 saturated carbocycles. The maximum atomic E-state index is 12.1. The second-order valence-electron chi connectivity index (χ2n) is 5.88. The molecule has 0 spiro atoms. The summed E-state index contributed by atoms with van der Waals surface area (Å²) in [6.07, 6.45) is 3.01. The van der Waals surface area contributed by atoms with Gasteiger partial charge in [-0.3, -0.25) is 19.2 Å². The van der Waals surface area contributed by atoms with Crippen molar-refractivity contribution in [3.8, 4) is 0 Å². The molecule has 3 heterocycles. The Balaban J connectivity index is 1.73. The zero-order chi connectivity index (χ0) is 16.4. The molecule has 0 radical (unpaired) electrons. The molecule has 8 nitrogen and oxygen atoms in total. The summed E-state index contributed by atoms with van der Waals surface area (Å²) >= 11 is 0. The van der Waals surface area contributed by atoms with Gasteiger partial charge in [0.25, 0.3) is 5.56 Å². The van der Waals surface area contributed by atoms with Crippen molar-refractivity contribution in [1.82, 2.24) is 29.5 Å². The van der Waals surface area contributed by atoms with Crippen LogP contribution in [0.1, 0.15) is 25.6 Å². The number of carbonyl (C=O) groups excluding carboxylic acids is 1. The van der Waals surface area contributed by atoms with Crippen LogP contribution in [0.4, 0.5) is 0 Å². The van der Waals surface area contributed by atoms with Crippen LogP contribution < -0.4 is 5.56 Å². The van der Waals surface area contributed by atoms with Gasteiger partial charge < -0.3 is 9.88 Å². The molecular formula is C15H22N6O2. The fraction of sp³-hybridized carbons (Fsp3) is 0.600. The normalized spacial score (nSPS) is 16.7. The lowest BCUT2D eigenvalue weighted by atomic mass is 10.3. The summed E-state index contributed by atoms with van der Waals surface area (Å²) in [6, 6.07) is 0. The van der Waals surface area contributed by atoms with Gasteiger partial charge >= 0.3 is 0 Å². The Morgan fingerprint density at radius 2 is 2.13 bits per heavy atom. The monoisotopic (exact) mass is 318 g/mol. The predicted octanol–water partition coefficient (Wildman–Crippen LogP) is 0.101. The first kappa shape index (κ1) is 15.7. The van der Waals surface area contributed by atoms with Gasteiger partial charge in [-0.05, 0) is 6.42 Å². The van der Waals surface area contributed by atoms with Crippen molar-refractivity contribution in [3.63, 3.8) is 0 Å². The quantitative estimate of drug-likeness (QED) is 0.867. The molecule has 0 unspecified atom stereocenters. The minimum Gasteiger partial charge on any atom is -0.341 e. The van der Waals surface area contributed by atoms with Crippen molar-refractivity contribution in [3.05, 3.63) is 22.4 Å². The molecule has 1 saturated heterocycles. The highest BCUT2D eigenvalue weighted by atomic mass is 16.2. The third-order valence-corrected chi connectivity index (χ3v) is 4.27. The molecule has 2 aromatic rings. The molecule has 1 aliphatic heterocycles. The van der Waals surface area contributed by atoms with Gasteiger partial charge in [0.2, 0.25) is 5.91 Å². The molecule has 1 amide bonds. The van der Waals surface area contributed by atoms with Crippen molar-refractivity contribution in [1.29, 1.82) is 0 Å². The molecule has 124 valence electrons. The molecule has 0 aromatic carbocycles. The Labute approximate surface area is 134 Å². The lowest BCUT2D eigenvalue weighted by Crippen LogP contribution is -2.34. The number of H-pyrrole nitrogens is 1. The molecule has 1 N–H and O–H groups in total. The summed E-state index contributed by atoms with van der Waals surface area (Å²) in [7, 11) is 1.78. The van der Waals surface area contributed by atoms with E-state index in [1.165, 1.54) is 6.20 Å². The summed E-state index contributed by atoms with van der Waals surface area (Å²) in [5.74, 6) is 0.844. The lowest BCUT2D eigenvalue weighted by Gasteiger charge is -2.21. The van der Waals surface area contributed by atoms with Crippen molar-refractivity contribution >= 4 is 16.9 Å². The number of carbonyl (C=O) groups is 1. The van der Waals surface area contributed by atoms with Crippen molar-refractivity contribution < 1.29 is 4.79 Å². The standard InChI is InChI=1S/C15H22N6O2/c1-3-13(22)21-6-4-5-20(7-8-21)10-12-17-14-11(15(23)18-12)9-16-19(14)2/h9H,3-8,10H2,1-2H3,(H,17,18,23). The molecule has 0 atom stereocenters. The average Bonchev–Trinajstić information content (AvgIpc) is 2.77.